The van der Waals surface area contributed by atoms with Gasteiger partial charge >= 0.3 is 6.03 Å². The summed E-state index contributed by atoms with van der Waals surface area (Å²) in [6.07, 6.45) is 0.226. The van der Waals surface area contributed by atoms with Gasteiger partial charge in [0.1, 0.15) is 0 Å². The lowest BCUT2D eigenvalue weighted by molar-refractivity contribution is 0.255. The van der Waals surface area contributed by atoms with Crippen molar-refractivity contribution in [2.45, 2.75) is 12.6 Å². The Bertz CT molecular complexity index is 813. The maximum atomic E-state index is 12.0. The number of para-hydroxylation sites is 2. The fourth-order valence-corrected chi connectivity index (χ4v) is 2.95. The molecule has 2 aliphatic heterocycles. The Kier molecular flexibility index (Phi) is 3.11. The Balaban J connectivity index is 1.85. The van der Waals surface area contributed by atoms with Crippen LogP contribution in [0.15, 0.2) is 68.2 Å². The Hall–Kier alpha value is -2.34. The smallest absolute Gasteiger partial charge is 0.264 e. The number of amides is 2. The number of halogens is 1. The summed E-state index contributed by atoms with van der Waals surface area (Å²) >= 11 is 3.44. The zero-order valence-corrected chi connectivity index (χ0v) is 13.1. The molecule has 2 aliphatic rings. The van der Waals surface area contributed by atoms with E-state index in [1.807, 2.05) is 48.5 Å². The first-order chi connectivity index (χ1) is 10.7. The van der Waals surface area contributed by atoms with Crippen LogP contribution < -0.4 is 4.90 Å². The molecule has 0 radical (unpaired) electrons. The third kappa shape index (κ3) is 2.16. The maximum Gasteiger partial charge on any atom is 0.368 e. The van der Waals surface area contributed by atoms with Gasteiger partial charge in [0.15, 0.2) is 6.17 Å². The van der Waals surface area contributed by atoms with E-state index in [9.17, 15) is 4.79 Å². The summed E-state index contributed by atoms with van der Waals surface area (Å²) in [4.78, 5) is 18.4. The van der Waals surface area contributed by atoms with Gasteiger partial charge in [0.2, 0.25) is 0 Å². The van der Waals surface area contributed by atoms with Crippen LogP contribution in [-0.4, -0.2) is 17.9 Å². The highest BCUT2D eigenvalue weighted by Gasteiger charge is 2.35. The fraction of sp³-hybridized carbons (Fsp3) is 0.125. The van der Waals surface area contributed by atoms with Crippen LogP contribution in [0, 0.1) is 0 Å². The number of hydrogen-bond donors (Lipinski definition) is 0. The molecule has 6 heteroatoms. The van der Waals surface area contributed by atoms with E-state index >= 15 is 0 Å². The van der Waals surface area contributed by atoms with Crippen molar-refractivity contribution in [2.24, 2.45) is 15.2 Å². The number of nitrogens with zero attached hydrogens (tertiary/aromatic N) is 4. The minimum absolute atomic E-state index is 0.321. The highest BCUT2D eigenvalue weighted by Crippen LogP contribution is 2.37. The average Bonchev–Trinajstić information content (AvgIpc) is 2.80. The molecule has 0 aliphatic carbocycles. The van der Waals surface area contributed by atoms with Crippen molar-refractivity contribution in [2.75, 3.05) is 4.90 Å². The summed E-state index contributed by atoms with van der Waals surface area (Å²) < 4.78 is 1.02. The van der Waals surface area contributed by atoms with Gasteiger partial charge in [-0.25, -0.2) is 4.79 Å². The maximum absolute atomic E-state index is 12.0. The second kappa shape index (κ2) is 5.14. The monoisotopic (exact) mass is 354 g/mol. The fourth-order valence-electron chi connectivity index (χ4n) is 2.69. The molecule has 0 N–H and O–H groups in total. The van der Waals surface area contributed by atoms with E-state index in [4.69, 9.17) is 4.99 Å². The highest BCUT2D eigenvalue weighted by molar-refractivity contribution is 9.10. The molecule has 2 amide bonds. The van der Waals surface area contributed by atoms with E-state index in [1.54, 1.807) is 4.90 Å². The first-order valence-electron chi connectivity index (χ1n) is 6.89. The van der Waals surface area contributed by atoms with Crippen molar-refractivity contribution in [3.63, 3.8) is 0 Å². The van der Waals surface area contributed by atoms with Gasteiger partial charge in [0.05, 0.1) is 17.1 Å². The van der Waals surface area contributed by atoms with Crippen molar-refractivity contribution in [1.82, 2.24) is 0 Å². The predicted octanol–water partition coefficient (Wildman–Crippen LogP) is 4.69. The molecule has 0 fully saturated rings. The second-order valence-corrected chi connectivity index (χ2v) is 6.02. The van der Waals surface area contributed by atoms with Gasteiger partial charge in [0.25, 0.3) is 0 Å². The number of rotatable bonds is 1. The summed E-state index contributed by atoms with van der Waals surface area (Å²) in [7, 11) is 0. The summed E-state index contributed by atoms with van der Waals surface area (Å²) in [5, 5.41) is 7.82. The molecule has 2 aromatic rings. The summed E-state index contributed by atoms with van der Waals surface area (Å²) in [5.41, 5.74) is 3.45. The molecule has 5 nitrogen and oxygen atoms in total. The van der Waals surface area contributed by atoms with Gasteiger partial charge in [0, 0.05) is 10.9 Å². The molecular formula is C16H11BrN4O. The molecular weight excluding hydrogens is 344 g/mol. The van der Waals surface area contributed by atoms with Crippen molar-refractivity contribution >= 4 is 39.0 Å². The quantitative estimate of drug-likeness (QED) is 0.732. The van der Waals surface area contributed by atoms with Gasteiger partial charge in [-0.2, -0.15) is 5.11 Å². The molecule has 1 atom stereocenters. The number of aliphatic imine (C=N–C) groups is 1. The summed E-state index contributed by atoms with van der Waals surface area (Å²) in [6.45, 7) is 0. The van der Waals surface area contributed by atoms with E-state index in [2.05, 4.69) is 26.2 Å². The number of azo groups is 1. The lowest BCUT2D eigenvalue weighted by Gasteiger charge is -2.19. The first-order valence-corrected chi connectivity index (χ1v) is 7.68. The third-order valence-corrected chi connectivity index (χ3v) is 4.26. The standard InChI is InChI=1S/C16H11BrN4O/c17-11-7-5-10(6-8-11)13-9-15-19-20-16(22)21(15)14-4-2-1-3-12(14)18-13/h1-8,15H,9H2. The molecule has 1 unspecified atom stereocenters. The molecule has 2 aromatic carbocycles. The third-order valence-electron chi connectivity index (χ3n) is 3.73. The molecule has 108 valence electrons. The lowest BCUT2D eigenvalue weighted by atomic mass is 10.1. The molecule has 4 rings (SSSR count). The summed E-state index contributed by atoms with van der Waals surface area (Å²) in [6, 6.07) is 15.2. The number of benzene rings is 2. The van der Waals surface area contributed by atoms with Crippen LogP contribution in [0.5, 0.6) is 0 Å². The first kappa shape index (κ1) is 13.3. The molecule has 0 aromatic heterocycles. The normalized spacial score (nSPS) is 19.5. The Morgan fingerprint density at radius 1 is 1.09 bits per heavy atom. The second-order valence-electron chi connectivity index (χ2n) is 5.11. The average molecular weight is 355 g/mol. The number of anilines is 1. The zero-order chi connectivity index (χ0) is 15.1. The van der Waals surface area contributed by atoms with E-state index in [-0.39, 0.29) is 12.2 Å². The van der Waals surface area contributed by atoms with E-state index in [0.29, 0.717) is 6.42 Å². The van der Waals surface area contributed by atoms with Crippen molar-refractivity contribution in [1.29, 1.82) is 0 Å². The molecule has 0 spiro atoms. The number of fused-ring (bicyclic) bond motifs is 3. The van der Waals surface area contributed by atoms with Crippen LogP contribution in [-0.2, 0) is 0 Å². The topological polar surface area (TPSA) is 57.4 Å². The Morgan fingerprint density at radius 3 is 2.68 bits per heavy atom. The molecule has 22 heavy (non-hydrogen) atoms. The minimum Gasteiger partial charge on any atom is -0.264 e. The van der Waals surface area contributed by atoms with Crippen LogP contribution in [0.3, 0.4) is 0 Å². The van der Waals surface area contributed by atoms with Crippen molar-refractivity contribution < 1.29 is 4.79 Å². The number of urea groups is 1. The lowest BCUT2D eigenvalue weighted by Crippen LogP contribution is -2.33. The van der Waals surface area contributed by atoms with E-state index in [1.165, 1.54) is 0 Å². The number of hydrogen-bond acceptors (Lipinski definition) is 3. The summed E-state index contributed by atoms with van der Waals surface area (Å²) in [5.74, 6) is 0. The Labute approximate surface area is 135 Å². The van der Waals surface area contributed by atoms with Crippen LogP contribution >= 0.6 is 15.9 Å². The molecule has 0 bridgehead atoms. The van der Waals surface area contributed by atoms with Crippen molar-refractivity contribution in [3.8, 4) is 0 Å². The molecule has 2 heterocycles. The predicted molar refractivity (Wildman–Crippen MR) is 87.9 cm³/mol. The van der Waals surface area contributed by atoms with Gasteiger partial charge in [-0.05, 0) is 29.8 Å². The number of carbonyl (C=O) groups is 1. The zero-order valence-electron chi connectivity index (χ0n) is 11.5. The largest absolute Gasteiger partial charge is 0.368 e. The van der Waals surface area contributed by atoms with Crippen LogP contribution in [0.2, 0.25) is 0 Å². The van der Waals surface area contributed by atoms with Gasteiger partial charge < -0.3 is 0 Å². The van der Waals surface area contributed by atoms with E-state index < -0.39 is 0 Å². The van der Waals surface area contributed by atoms with Crippen LogP contribution in [0.4, 0.5) is 16.2 Å². The Morgan fingerprint density at radius 2 is 1.86 bits per heavy atom. The minimum atomic E-state index is -0.329. The molecule has 0 saturated carbocycles. The van der Waals surface area contributed by atoms with Crippen LogP contribution in [0.25, 0.3) is 0 Å². The molecule has 0 saturated heterocycles. The van der Waals surface area contributed by atoms with E-state index in [0.717, 1.165) is 27.1 Å². The van der Waals surface area contributed by atoms with Crippen molar-refractivity contribution in [3.05, 3.63) is 58.6 Å². The SMILES string of the molecule is O=C1N=NC2CC(c3ccc(Br)cc3)=Nc3ccccc3N12. The van der Waals surface area contributed by atoms with Gasteiger partial charge in [-0.15, -0.1) is 0 Å². The van der Waals surface area contributed by atoms with Gasteiger partial charge in [-0.1, -0.05) is 45.3 Å². The van der Waals surface area contributed by atoms with Gasteiger partial charge in [-0.3, -0.25) is 9.89 Å². The number of carbonyl (C=O) groups excluding carboxylic acids is 1. The van der Waals surface area contributed by atoms with Crippen LogP contribution in [0.1, 0.15) is 12.0 Å². The highest BCUT2D eigenvalue weighted by atomic mass is 79.9.